The summed E-state index contributed by atoms with van der Waals surface area (Å²) in [7, 11) is 0. The predicted octanol–water partition coefficient (Wildman–Crippen LogP) is 4.08. The lowest BCUT2D eigenvalue weighted by atomic mass is 10.0. The Morgan fingerprint density at radius 2 is 0.705 bits per heavy atom. The third-order valence-electron chi connectivity index (χ3n) is 9.97. The third-order valence-corrected chi connectivity index (χ3v) is 9.97. The molecule has 0 aromatic carbocycles. The van der Waals surface area contributed by atoms with Crippen molar-refractivity contribution >= 4 is 0 Å². The second-order valence-corrected chi connectivity index (χ2v) is 13.3. The van der Waals surface area contributed by atoms with Crippen molar-refractivity contribution in [2.45, 2.75) is 130 Å². The molecular formula is C36H80N8. The van der Waals surface area contributed by atoms with Crippen molar-refractivity contribution < 1.29 is 0 Å². The van der Waals surface area contributed by atoms with Crippen molar-refractivity contribution in [2.24, 2.45) is 17.8 Å². The van der Waals surface area contributed by atoms with Crippen LogP contribution >= 0.6 is 0 Å². The van der Waals surface area contributed by atoms with Crippen LogP contribution in [0.25, 0.3) is 0 Å². The van der Waals surface area contributed by atoms with E-state index in [4.69, 9.17) is 0 Å². The summed E-state index contributed by atoms with van der Waals surface area (Å²) in [5.41, 5.74) is 0. The van der Waals surface area contributed by atoms with Gasteiger partial charge in [0.15, 0.2) is 0 Å². The number of hydrogen-bond acceptors (Lipinski definition) is 8. The topological polar surface area (TPSA) is 96.2 Å². The molecule has 0 amide bonds. The molecule has 0 bridgehead atoms. The SMILES string of the molecule is C.CCNC1CCCC1CNCCCNCC1CCCC1NCC.CCNCCCNCCCNCC1CCCC1NCC. The lowest BCUT2D eigenvalue weighted by molar-refractivity contribution is 0.376. The van der Waals surface area contributed by atoms with E-state index in [2.05, 4.69) is 70.2 Å². The summed E-state index contributed by atoms with van der Waals surface area (Å²) >= 11 is 0. The molecule has 6 unspecified atom stereocenters. The van der Waals surface area contributed by atoms with Crippen LogP contribution in [0.2, 0.25) is 0 Å². The van der Waals surface area contributed by atoms with E-state index in [0.29, 0.717) is 0 Å². The molecule has 3 fully saturated rings. The summed E-state index contributed by atoms with van der Waals surface area (Å²) in [6, 6.07) is 2.28. The fraction of sp³-hybridized carbons (Fsp3) is 1.00. The maximum Gasteiger partial charge on any atom is 0.0107 e. The molecule has 8 N–H and O–H groups in total. The van der Waals surface area contributed by atoms with E-state index < -0.39 is 0 Å². The van der Waals surface area contributed by atoms with Crippen molar-refractivity contribution in [3.8, 4) is 0 Å². The minimum atomic E-state index is 0. The van der Waals surface area contributed by atoms with Gasteiger partial charge in [-0.3, -0.25) is 0 Å². The monoisotopic (exact) mass is 625 g/mol. The second kappa shape index (κ2) is 28.9. The standard InChI is InChI=1S/C19H40N4.C16H36N4.CH4/c1-3-22-18-10-5-8-16(18)14-20-12-7-13-21-15-17-9-6-11-19(17)23-4-2;1-3-17-10-6-11-18-12-7-13-19-14-15-8-5-9-16(15)20-4-2;/h16-23H,3-15H2,1-2H3;15-20H,3-14H2,1-2H3;1H4. The van der Waals surface area contributed by atoms with E-state index in [-0.39, 0.29) is 7.43 Å². The van der Waals surface area contributed by atoms with Crippen molar-refractivity contribution in [2.75, 3.05) is 85.1 Å². The van der Waals surface area contributed by atoms with Crippen LogP contribution < -0.4 is 42.5 Å². The molecule has 8 nitrogen and oxygen atoms in total. The molecule has 0 aromatic heterocycles. The Morgan fingerprint density at radius 1 is 0.386 bits per heavy atom. The molecule has 8 heteroatoms. The molecule has 3 rings (SSSR count). The van der Waals surface area contributed by atoms with Crippen LogP contribution in [0.15, 0.2) is 0 Å². The summed E-state index contributed by atoms with van der Waals surface area (Å²) in [4.78, 5) is 0. The molecule has 0 aliphatic heterocycles. The smallest absolute Gasteiger partial charge is 0.0107 e. The molecule has 264 valence electrons. The molecule has 3 aliphatic carbocycles. The lowest BCUT2D eigenvalue weighted by Crippen LogP contribution is -2.39. The van der Waals surface area contributed by atoms with Crippen molar-refractivity contribution in [1.82, 2.24) is 42.5 Å². The van der Waals surface area contributed by atoms with Crippen LogP contribution in [-0.2, 0) is 0 Å². The zero-order valence-electron chi connectivity index (χ0n) is 29.1. The van der Waals surface area contributed by atoms with Gasteiger partial charge in [0.05, 0.1) is 0 Å². The van der Waals surface area contributed by atoms with Crippen LogP contribution in [-0.4, -0.2) is 103 Å². The third kappa shape index (κ3) is 18.7. The van der Waals surface area contributed by atoms with Gasteiger partial charge in [-0.05, 0) is 161 Å². The first kappa shape index (κ1) is 41.7. The zero-order chi connectivity index (χ0) is 30.8. The number of nitrogens with one attached hydrogen (secondary N) is 8. The second-order valence-electron chi connectivity index (χ2n) is 13.3. The Morgan fingerprint density at radius 3 is 1.02 bits per heavy atom. The van der Waals surface area contributed by atoms with Crippen LogP contribution in [0.5, 0.6) is 0 Å². The van der Waals surface area contributed by atoms with Gasteiger partial charge in [-0.1, -0.05) is 54.4 Å². The molecule has 44 heavy (non-hydrogen) atoms. The Balaban J connectivity index is 0.000000435. The highest BCUT2D eigenvalue weighted by atomic mass is 15.0. The average molecular weight is 625 g/mol. The highest BCUT2D eigenvalue weighted by Crippen LogP contribution is 2.26. The quantitative estimate of drug-likeness (QED) is 0.0721. The maximum atomic E-state index is 3.68. The maximum absolute atomic E-state index is 3.68. The first-order valence-corrected chi connectivity index (χ1v) is 19.0. The van der Waals surface area contributed by atoms with Gasteiger partial charge in [0.25, 0.3) is 0 Å². The first-order valence-electron chi connectivity index (χ1n) is 19.0. The predicted molar refractivity (Wildman–Crippen MR) is 195 cm³/mol. The first-order chi connectivity index (χ1) is 21.2. The Kier molecular flexibility index (Phi) is 27.4. The minimum Gasteiger partial charge on any atom is -0.317 e. The number of hydrogen-bond donors (Lipinski definition) is 8. The molecule has 6 atom stereocenters. The Hall–Kier alpha value is -0.320. The molecular weight excluding hydrogens is 544 g/mol. The fourth-order valence-electron chi connectivity index (χ4n) is 7.62. The van der Waals surface area contributed by atoms with Gasteiger partial charge >= 0.3 is 0 Å². The molecule has 3 aliphatic rings. The van der Waals surface area contributed by atoms with Gasteiger partial charge in [0, 0.05) is 18.1 Å². The lowest BCUT2D eigenvalue weighted by Gasteiger charge is -2.21. The molecule has 0 aromatic rings. The number of rotatable bonds is 25. The van der Waals surface area contributed by atoms with Gasteiger partial charge in [-0.15, -0.1) is 0 Å². The molecule has 3 saturated carbocycles. The molecule has 0 saturated heterocycles. The van der Waals surface area contributed by atoms with Crippen LogP contribution in [0.3, 0.4) is 0 Å². The van der Waals surface area contributed by atoms with Crippen molar-refractivity contribution in [1.29, 1.82) is 0 Å². The summed E-state index contributed by atoms with van der Waals surface area (Å²) in [5.74, 6) is 2.55. The van der Waals surface area contributed by atoms with Crippen LogP contribution in [0, 0.1) is 17.8 Å². The van der Waals surface area contributed by atoms with E-state index in [0.717, 1.165) is 101 Å². The van der Waals surface area contributed by atoms with Gasteiger partial charge in [0.1, 0.15) is 0 Å². The highest BCUT2D eigenvalue weighted by Gasteiger charge is 2.27. The van der Waals surface area contributed by atoms with Crippen molar-refractivity contribution in [3.05, 3.63) is 0 Å². The van der Waals surface area contributed by atoms with Gasteiger partial charge < -0.3 is 42.5 Å². The summed E-state index contributed by atoms with van der Waals surface area (Å²) in [6.07, 6.45) is 16.2. The van der Waals surface area contributed by atoms with E-state index >= 15 is 0 Å². The van der Waals surface area contributed by atoms with E-state index in [9.17, 15) is 0 Å². The van der Waals surface area contributed by atoms with Crippen LogP contribution in [0.1, 0.15) is 112 Å². The van der Waals surface area contributed by atoms with Crippen molar-refractivity contribution in [3.63, 3.8) is 0 Å². The van der Waals surface area contributed by atoms with E-state index in [1.54, 1.807) is 0 Å². The van der Waals surface area contributed by atoms with Gasteiger partial charge in [0.2, 0.25) is 0 Å². The highest BCUT2D eigenvalue weighted by molar-refractivity contribution is 4.86. The Bertz CT molecular complexity index is 581. The van der Waals surface area contributed by atoms with E-state index in [1.165, 1.54) is 96.7 Å². The summed E-state index contributed by atoms with van der Waals surface area (Å²) in [6.45, 7) is 23.7. The van der Waals surface area contributed by atoms with Gasteiger partial charge in [-0.2, -0.15) is 0 Å². The molecule has 0 spiro atoms. The normalized spacial score (nSPS) is 26.5. The average Bonchev–Trinajstić information content (AvgIpc) is 3.77. The van der Waals surface area contributed by atoms with E-state index in [1.807, 2.05) is 0 Å². The molecule has 0 radical (unpaired) electrons. The fourth-order valence-corrected chi connectivity index (χ4v) is 7.62. The minimum absolute atomic E-state index is 0. The van der Waals surface area contributed by atoms with Crippen LogP contribution in [0.4, 0.5) is 0 Å². The molecule has 0 heterocycles. The largest absolute Gasteiger partial charge is 0.317 e. The summed E-state index contributed by atoms with van der Waals surface area (Å²) < 4.78 is 0. The zero-order valence-corrected chi connectivity index (χ0v) is 29.1. The summed E-state index contributed by atoms with van der Waals surface area (Å²) in [5, 5.41) is 28.8. The Labute approximate surface area is 275 Å². The van der Waals surface area contributed by atoms with Gasteiger partial charge in [-0.25, -0.2) is 0 Å².